The van der Waals surface area contributed by atoms with E-state index in [1.54, 1.807) is 12.3 Å². The second kappa shape index (κ2) is 7.21. The number of benzene rings is 1. The van der Waals surface area contributed by atoms with Crippen LogP contribution in [0.5, 0.6) is 0 Å². The van der Waals surface area contributed by atoms with Crippen LogP contribution in [0.25, 0.3) is 0 Å². The maximum Gasteiger partial charge on any atom is 0.257 e. The maximum absolute atomic E-state index is 13.7. The third-order valence-corrected chi connectivity index (χ3v) is 4.87. The zero-order valence-corrected chi connectivity index (χ0v) is 14.6. The number of nitrogens with one attached hydrogen (secondary N) is 1. The highest BCUT2D eigenvalue weighted by molar-refractivity contribution is 6.04. The molecule has 1 N–H and O–H groups in total. The number of anilines is 2. The topological polar surface area (TPSA) is 63.7 Å². The Bertz CT molecular complexity index is 846. The lowest BCUT2D eigenvalue weighted by molar-refractivity contribution is -0.169. The van der Waals surface area contributed by atoms with E-state index in [1.807, 2.05) is 0 Å². The van der Waals surface area contributed by atoms with E-state index in [-0.39, 0.29) is 5.69 Å². The van der Waals surface area contributed by atoms with Crippen LogP contribution in [0.4, 0.5) is 20.2 Å². The lowest BCUT2D eigenvalue weighted by atomic mass is 10.0. The third-order valence-electron chi connectivity index (χ3n) is 4.87. The van der Waals surface area contributed by atoms with Crippen molar-refractivity contribution in [1.29, 1.82) is 0 Å². The number of carbonyl (C=O) groups excluding carboxylic acids is 1. The van der Waals surface area contributed by atoms with E-state index in [9.17, 15) is 13.6 Å². The molecule has 6 nitrogen and oxygen atoms in total. The molecule has 1 aromatic heterocycles. The minimum Gasteiger partial charge on any atom is -0.370 e. The van der Waals surface area contributed by atoms with E-state index in [2.05, 4.69) is 15.2 Å². The van der Waals surface area contributed by atoms with Gasteiger partial charge >= 0.3 is 0 Å². The van der Waals surface area contributed by atoms with Gasteiger partial charge in [-0.3, -0.25) is 9.78 Å². The van der Waals surface area contributed by atoms with Crippen molar-refractivity contribution < 1.29 is 23.0 Å². The van der Waals surface area contributed by atoms with Gasteiger partial charge in [0.25, 0.3) is 5.91 Å². The van der Waals surface area contributed by atoms with Gasteiger partial charge in [-0.05, 0) is 18.2 Å². The Morgan fingerprint density at radius 2 is 1.85 bits per heavy atom. The zero-order chi connectivity index (χ0) is 18.9. The molecule has 0 atom stereocenters. The summed E-state index contributed by atoms with van der Waals surface area (Å²) in [6.07, 6.45) is 4.58. The maximum atomic E-state index is 13.7. The number of hydrogen-bond acceptors (Lipinski definition) is 5. The van der Waals surface area contributed by atoms with E-state index in [0.29, 0.717) is 18.8 Å². The van der Waals surface area contributed by atoms with Gasteiger partial charge in [-0.15, -0.1) is 0 Å². The SMILES string of the molecule is O=C(Nc1ccc(F)cc1F)c1cncc(N2CCC3(CC2)OCCO3)c1. The molecule has 2 aliphatic rings. The molecule has 1 spiro atoms. The Morgan fingerprint density at radius 1 is 1.11 bits per heavy atom. The van der Waals surface area contributed by atoms with Crippen LogP contribution in [0, 0.1) is 11.6 Å². The summed E-state index contributed by atoms with van der Waals surface area (Å²) in [6.45, 7) is 2.69. The molecule has 27 heavy (non-hydrogen) atoms. The first-order chi connectivity index (χ1) is 13.0. The van der Waals surface area contributed by atoms with Crippen molar-refractivity contribution in [3.8, 4) is 0 Å². The van der Waals surface area contributed by atoms with Crippen molar-refractivity contribution in [2.24, 2.45) is 0 Å². The number of ether oxygens (including phenoxy) is 2. The number of halogens is 2. The van der Waals surface area contributed by atoms with Crippen LogP contribution >= 0.6 is 0 Å². The number of aromatic nitrogens is 1. The van der Waals surface area contributed by atoms with Crippen LogP contribution in [0.2, 0.25) is 0 Å². The Labute approximate surface area is 155 Å². The molecule has 2 saturated heterocycles. The van der Waals surface area contributed by atoms with Gasteiger partial charge in [0.05, 0.1) is 36.3 Å². The number of pyridine rings is 1. The number of amides is 1. The largest absolute Gasteiger partial charge is 0.370 e. The summed E-state index contributed by atoms with van der Waals surface area (Å²) in [5.41, 5.74) is 1.02. The van der Waals surface area contributed by atoms with E-state index >= 15 is 0 Å². The van der Waals surface area contributed by atoms with E-state index < -0.39 is 23.3 Å². The highest BCUT2D eigenvalue weighted by Crippen LogP contribution is 2.33. The van der Waals surface area contributed by atoms with Crippen molar-refractivity contribution in [2.45, 2.75) is 18.6 Å². The van der Waals surface area contributed by atoms with Crippen LogP contribution in [-0.2, 0) is 9.47 Å². The van der Waals surface area contributed by atoms with Crippen LogP contribution in [0.1, 0.15) is 23.2 Å². The summed E-state index contributed by atoms with van der Waals surface area (Å²) in [4.78, 5) is 18.7. The number of rotatable bonds is 3. The lowest BCUT2D eigenvalue weighted by Crippen LogP contribution is -2.45. The summed E-state index contributed by atoms with van der Waals surface area (Å²) in [5.74, 6) is -2.51. The van der Waals surface area contributed by atoms with E-state index in [1.165, 1.54) is 12.3 Å². The smallest absolute Gasteiger partial charge is 0.257 e. The molecule has 142 valence electrons. The molecule has 3 heterocycles. The van der Waals surface area contributed by atoms with Crippen LogP contribution < -0.4 is 10.2 Å². The number of hydrogen-bond donors (Lipinski definition) is 1. The molecule has 1 amide bonds. The van der Waals surface area contributed by atoms with Crippen molar-refractivity contribution in [2.75, 3.05) is 36.5 Å². The highest BCUT2D eigenvalue weighted by atomic mass is 19.1. The summed E-state index contributed by atoms with van der Waals surface area (Å²) in [6, 6.07) is 4.70. The average molecular weight is 375 g/mol. The second-order valence-corrected chi connectivity index (χ2v) is 6.60. The standard InChI is InChI=1S/C19H19F2N3O3/c20-14-1-2-17(16(21)10-14)23-18(25)13-9-15(12-22-11-13)24-5-3-19(4-6-24)26-7-8-27-19/h1-2,9-12H,3-8H2,(H,23,25). The second-order valence-electron chi connectivity index (χ2n) is 6.60. The van der Waals surface area contributed by atoms with Crippen molar-refractivity contribution in [1.82, 2.24) is 4.98 Å². The Hall–Kier alpha value is -2.58. The molecule has 4 rings (SSSR count). The van der Waals surface area contributed by atoms with Gasteiger partial charge in [-0.2, -0.15) is 0 Å². The quantitative estimate of drug-likeness (QED) is 0.894. The van der Waals surface area contributed by atoms with Gasteiger partial charge in [0.15, 0.2) is 5.79 Å². The molecular weight excluding hydrogens is 356 g/mol. The summed E-state index contributed by atoms with van der Waals surface area (Å²) < 4.78 is 38.2. The van der Waals surface area contributed by atoms with Crippen molar-refractivity contribution >= 4 is 17.3 Å². The van der Waals surface area contributed by atoms with Gasteiger partial charge in [-0.1, -0.05) is 0 Å². The molecule has 1 aromatic carbocycles. The van der Waals surface area contributed by atoms with Crippen molar-refractivity contribution in [3.05, 3.63) is 53.9 Å². The molecule has 0 saturated carbocycles. The predicted octanol–water partition coefficient (Wildman–Crippen LogP) is 2.96. The third kappa shape index (κ3) is 3.77. The van der Waals surface area contributed by atoms with Crippen LogP contribution in [0.3, 0.4) is 0 Å². The molecule has 0 radical (unpaired) electrons. The normalized spacial score (nSPS) is 18.7. The zero-order valence-electron chi connectivity index (χ0n) is 14.6. The lowest BCUT2D eigenvalue weighted by Gasteiger charge is -2.38. The fourth-order valence-electron chi connectivity index (χ4n) is 3.40. The first-order valence-electron chi connectivity index (χ1n) is 8.79. The van der Waals surface area contributed by atoms with E-state index in [4.69, 9.17) is 9.47 Å². The highest BCUT2D eigenvalue weighted by Gasteiger charge is 2.39. The molecule has 2 fully saturated rings. The first kappa shape index (κ1) is 17.8. The number of nitrogens with zero attached hydrogens (tertiary/aromatic N) is 2. The fourth-order valence-corrected chi connectivity index (χ4v) is 3.40. The molecule has 0 aliphatic carbocycles. The molecule has 0 unspecified atom stereocenters. The number of carbonyl (C=O) groups is 1. The minimum atomic E-state index is -0.828. The average Bonchev–Trinajstić information content (AvgIpc) is 3.12. The molecular formula is C19H19F2N3O3. The predicted molar refractivity (Wildman–Crippen MR) is 94.6 cm³/mol. The Kier molecular flexibility index (Phi) is 4.75. The minimum absolute atomic E-state index is 0.0813. The van der Waals surface area contributed by atoms with Gasteiger partial charge in [0.1, 0.15) is 11.6 Å². The summed E-state index contributed by atoms with van der Waals surface area (Å²) >= 11 is 0. The Morgan fingerprint density at radius 3 is 2.56 bits per heavy atom. The fraction of sp³-hybridized carbons (Fsp3) is 0.368. The van der Waals surface area contributed by atoms with Gasteiger partial charge in [-0.25, -0.2) is 8.78 Å². The van der Waals surface area contributed by atoms with Gasteiger partial charge in [0.2, 0.25) is 0 Å². The van der Waals surface area contributed by atoms with Crippen LogP contribution in [0.15, 0.2) is 36.7 Å². The monoisotopic (exact) mass is 375 g/mol. The molecule has 8 heteroatoms. The van der Waals surface area contributed by atoms with Crippen LogP contribution in [-0.4, -0.2) is 43.0 Å². The molecule has 2 aromatic rings. The molecule has 2 aliphatic heterocycles. The molecule has 0 bridgehead atoms. The first-order valence-corrected chi connectivity index (χ1v) is 8.79. The Balaban J connectivity index is 1.45. The van der Waals surface area contributed by atoms with E-state index in [0.717, 1.165) is 43.8 Å². The summed E-state index contributed by atoms with van der Waals surface area (Å²) in [7, 11) is 0. The van der Waals surface area contributed by atoms with Gasteiger partial charge < -0.3 is 19.7 Å². The van der Waals surface area contributed by atoms with Crippen molar-refractivity contribution in [3.63, 3.8) is 0 Å². The summed E-state index contributed by atoms with van der Waals surface area (Å²) in [5, 5.41) is 2.44. The van der Waals surface area contributed by atoms with Gasteiger partial charge in [0, 0.05) is 38.2 Å². The number of piperidine rings is 1.